The number of ether oxygens (including phenoxy) is 1. The Balaban J connectivity index is 1.97. The highest BCUT2D eigenvalue weighted by molar-refractivity contribution is 6.36. The standard InChI is InChI=1S/C27H34N2O3/c1-17(2)32-15-14-29-25(30)23(20-9-8-18(3)19(4)16-20)24(26(29)31)28-22-12-10-21(11-13-22)27(5,6)7/h8-13,16-17,28H,14-15H2,1-7H3. The molecule has 3 rings (SSSR count). The molecule has 0 saturated carbocycles. The number of aryl methyl sites for hydroxylation is 2. The first kappa shape index (κ1) is 23.7. The summed E-state index contributed by atoms with van der Waals surface area (Å²) < 4.78 is 5.59. The SMILES string of the molecule is Cc1ccc(C2=C(Nc3ccc(C(C)(C)C)cc3)C(=O)N(CCOC(C)C)C2=O)cc1C. The summed E-state index contributed by atoms with van der Waals surface area (Å²) in [6.07, 6.45) is 0.0360. The summed E-state index contributed by atoms with van der Waals surface area (Å²) in [5.74, 6) is -0.616. The number of carbonyl (C=O) groups is 2. The summed E-state index contributed by atoms with van der Waals surface area (Å²) in [4.78, 5) is 27.9. The number of carbonyl (C=O) groups excluding carboxylic acids is 2. The maximum atomic E-state index is 13.3. The van der Waals surface area contributed by atoms with Crippen LogP contribution in [0.2, 0.25) is 0 Å². The van der Waals surface area contributed by atoms with Crippen LogP contribution in [0.5, 0.6) is 0 Å². The van der Waals surface area contributed by atoms with Gasteiger partial charge in [-0.15, -0.1) is 0 Å². The Bertz CT molecular complexity index is 1040. The molecule has 32 heavy (non-hydrogen) atoms. The summed E-state index contributed by atoms with van der Waals surface area (Å²) in [5, 5.41) is 3.24. The minimum atomic E-state index is -0.324. The van der Waals surface area contributed by atoms with Gasteiger partial charge in [-0.2, -0.15) is 0 Å². The maximum Gasteiger partial charge on any atom is 0.278 e. The van der Waals surface area contributed by atoms with Crippen molar-refractivity contribution in [2.45, 2.75) is 60.0 Å². The molecule has 1 heterocycles. The van der Waals surface area contributed by atoms with Crippen LogP contribution in [0.25, 0.3) is 5.57 Å². The van der Waals surface area contributed by atoms with Crippen molar-refractivity contribution in [3.63, 3.8) is 0 Å². The third-order valence-electron chi connectivity index (χ3n) is 5.75. The molecule has 0 bridgehead atoms. The van der Waals surface area contributed by atoms with E-state index in [1.54, 1.807) is 0 Å². The normalized spacial score (nSPS) is 14.7. The molecule has 0 radical (unpaired) electrons. The number of anilines is 1. The lowest BCUT2D eigenvalue weighted by Crippen LogP contribution is -2.35. The first-order valence-corrected chi connectivity index (χ1v) is 11.2. The number of rotatable bonds is 7. The van der Waals surface area contributed by atoms with Crippen molar-refractivity contribution < 1.29 is 14.3 Å². The molecule has 1 aliphatic heterocycles. The molecule has 1 aliphatic rings. The fourth-order valence-corrected chi connectivity index (χ4v) is 3.64. The smallest absolute Gasteiger partial charge is 0.278 e. The summed E-state index contributed by atoms with van der Waals surface area (Å²) in [6.45, 7) is 14.9. The quantitative estimate of drug-likeness (QED) is 0.607. The van der Waals surface area contributed by atoms with Crippen LogP contribution in [0.4, 0.5) is 5.69 Å². The Hall–Kier alpha value is -2.92. The van der Waals surface area contributed by atoms with Crippen molar-refractivity contribution in [2.75, 3.05) is 18.5 Å². The molecule has 0 spiro atoms. The highest BCUT2D eigenvalue weighted by atomic mass is 16.5. The van der Waals surface area contributed by atoms with Crippen LogP contribution in [-0.4, -0.2) is 36.0 Å². The number of imide groups is 1. The van der Waals surface area contributed by atoms with E-state index in [2.05, 4.69) is 26.1 Å². The number of nitrogens with zero attached hydrogens (tertiary/aromatic N) is 1. The van der Waals surface area contributed by atoms with Gasteiger partial charge in [-0.05, 0) is 67.5 Å². The van der Waals surface area contributed by atoms with Crippen LogP contribution in [0.3, 0.4) is 0 Å². The maximum absolute atomic E-state index is 13.3. The summed E-state index contributed by atoms with van der Waals surface area (Å²) in [6, 6.07) is 13.9. The number of hydrogen-bond donors (Lipinski definition) is 1. The summed E-state index contributed by atoms with van der Waals surface area (Å²) in [5.41, 5.74) is 5.69. The predicted octanol–water partition coefficient (Wildman–Crippen LogP) is 5.22. The van der Waals surface area contributed by atoms with E-state index in [1.165, 1.54) is 10.5 Å². The van der Waals surface area contributed by atoms with E-state index >= 15 is 0 Å². The lowest BCUT2D eigenvalue weighted by atomic mass is 9.87. The van der Waals surface area contributed by atoms with Crippen molar-refractivity contribution in [2.24, 2.45) is 0 Å². The zero-order valence-corrected chi connectivity index (χ0v) is 20.2. The van der Waals surface area contributed by atoms with Crippen LogP contribution in [0.15, 0.2) is 48.2 Å². The van der Waals surface area contributed by atoms with E-state index in [1.807, 2.05) is 70.2 Å². The molecule has 0 atom stereocenters. The number of amides is 2. The lowest BCUT2D eigenvalue weighted by Gasteiger charge is -2.19. The number of benzene rings is 2. The van der Waals surface area contributed by atoms with Crippen LogP contribution in [0, 0.1) is 13.8 Å². The van der Waals surface area contributed by atoms with Gasteiger partial charge in [-0.25, -0.2) is 0 Å². The van der Waals surface area contributed by atoms with E-state index in [0.29, 0.717) is 17.9 Å². The molecule has 1 N–H and O–H groups in total. The molecule has 2 aromatic rings. The lowest BCUT2D eigenvalue weighted by molar-refractivity contribution is -0.137. The minimum Gasteiger partial charge on any atom is -0.377 e. The zero-order valence-electron chi connectivity index (χ0n) is 20.2. The highest BCUT2D eigenvalue weighted by Gasteiger charge is 2.39. The fraction of sp³-hybridized carbons (Fsp3) is 0.407. The average Bonchev–Trinajstić information content (AvgIpc) is 2.94. The second-order valence-electron chi connectivity index (χ2n) is 9.68. The third kappa shape index (κ3) is 5.10. The number of hydrogen-bond acceptors (Lipinski definition) is 4. The largest absolute Gasteiger partial charge is 0.377 e. The first-order valence-electron chi connectivity index (χ1n) is 11.2. The van der Waals surface area contributed by atoms with Gasteiger partial charge in [0.1, 0.15) is 5.70 Å². The van der Waals surface area contributed by atoms with Crippen molar-refractivity contribution >= 4 is 23.1 Å². The summed E-state index contributed by atoms with van der Waals surface area (Å²) >= 11 is 0. The van der Waals surface area contributed by atoms with E-state index in [4.69, 9.17) is 4.74 Å². The van der Waals surface area contributed by atoms with Crippen LogP contribution in [-0.2, 0) is 19.7 Å². The van der Waals surface area contributed by atoms with Crippen molar-refractivity contribution in [1.82, 2.24) is 4.90 Å². The Morgan fingerprint density at radius 1 is 0.938 bits per heavy atom. The first-order chi connectivity index (χ1) is 15.0. The second kappa shape index (κ2) is 9.29. The van der Waals surface area contributed by atoms with Gasteiger partial charge in [0.25, 0.3) is 11.8 Å². The van der Waals surface area contributed by atoms with E-state index in [9.17, 15) is 9.59 Å². The van der Waals surface area contributed by atoms with Gasteiger partial charge in [0.05, 0.1) is 24.8 Å². The van der Waals surface area contributed by atoms with Gasteiger partial charge in [0.15, 0.2) is 0 Å². The Labute approximate surface area is 191 Å². The molecule has 170 valence electrons. The molecule has 5 heteroatoms. The highest BCUT2D eigenvalue weighted by Crippen LogP contribution is 2.32. The second-order valence-corrected chi connectivity index (χ2v) is 9.68. The minimum absolute atomic E-state index is 0.0360. The molecule has 0 aliphatic carbocycles. The predicted molar refractivity (Wildman–Crippen MR) is 129 cm³/mol. The van der Waals surface area contributed by atoms with Gasteiger partial charge in [0, 0.05) is 5.69 Å². The van der Waals surface area contributed by atoms with E-state index in [0.717, 1.165) is 22.4 Å². The van der Waals surface area contributed by atoms with Crippen molar-refractivity contribution in [1.29, 1.82) is 0 Å². The van der Waals surface area contributed by atoms with Gasteiger partial charge < -0.3 is 10.1 Å². The molecule has 2 amide bonds. The van der Waals surface area contributed by atoms with E-state index < -0.39 is 0 Å². The monoisotopic (exact) mass is 434 g/mol. The molecular weight excluding hydrogens is 400 g/mol. The molecule has 2 aromatic carbocycles. The molecule has 0 unspecified atom stereocenters. The van der Waals surface area contributed by atoms with E-state index in [-0.39, 0.29) is 29.9 Å². The average molecular weight is 435 g/mol. The fourth-order valence-electron chi connectivity index (χ4n) is 3.64. The van der Waals surface area contributed by atoms with Crippen LogP contribution in [0.1, 0.15) is 56.9 Å². The van der Waals surface area contributed by atoms with Crippen molar-refractivity contribution in [3.05, 3.63) is 70.4 Å². The van der Waals surface area contributed by atoms with Gasteiger partial charge in [-0.1, -0.05) is 51.1 Å². The van der Waals surface area contributed by atoms with Gasteiger partial charge in [-0.3, -0.25) is 14.5 Å². The van der Waals surface area contributed by atoms with Crippen LogP contribution >= 0.6 is 0 Å². The zero-order chi connectivity index (χ0) is 23.6. The molecular formula is C27H34N2O3. The topological polar surface area (TPSA) is 58.6 Å². The third-order valence-corrected chi connectivity index (χ3v) is 5.75. The Morgan fingerprint density at radius 3 is 2.16 bits per heavy atom. The van der Waals surface area contributed by atoms with Crippen molar-refractivity contribution in [3.8, 4) is 0 Å². The number of nitrogens with one attached hydrogen (secondary N) is 1. The van der Waals surface area contributed by atoms with Gasteiger partial charge >= 0.3 is 0 Å². The Morgan fingerprint density at radius 2 is 1.59 bits per heavy atom. The summed E-state index contributed by atoms with van der Waals surface area (Å²) in [7, 11) is 0. The molecule has 5 nitrogen and oxygen atoms in total. The Kier molecular flexibility index (Phi) is 6.89. The van der Waals surface area contributed by atoms with Crippen LogP contribution < -0.4 is 5.32 Å². The molecule has 0 fully saturated rings. The molecule has 0 saturated heterocycles. The molecule has 0 aromatic heterocycles. The van der Waals surface area contributed by atoms with Gasteiger partial charge in [0.2, 0.25) is 0 Å².